The van der Waals surface area contributed by atoms with Crippen molar-refractivity contribution in [3.05, 3.63) is 71.6 Å². The third-order valence-electron chi connectivity index (χ3n) is 8.03. The molecule has 0 radical (unpaired) electrons. The maximum Gasteiger partial charge on any atom is 0.387 e. The van der Waals surface area contributed by atoms with Gasteiger partial charge in [-0.2, -0.15) is 8.78 Å². The molecule has 1 amide bonds. The SMILES string of the molecule is CCN1C(=O)c2cccc(OC(F)F)c2C2C[C@@H]1c1nc3ccc(-c4cnc(C(C)(C)OC(=O)CCC(=O)O)nc4)cc3n12. The van der Waals surface area contributed by atoms with E-state index < -0.39 is 30.2 Å². The molecule has 228 valence electrons. The summed E-state index contributed by atoms with van der Waals surface area (Å²) in [4.78, 5) is 51.9. The van der Waals surface area contributed by atoms with Gasteiger partial charge in [0, 0.05) is 42.0 Å². The number of halogens is 2. The minimum absolute atomic E-state index is 0.0336. The van der Waals surface area contributed by atoms with Gasteiger partial charge in [-0.3, -0.25) is 14.4 Å². The van der Waals surface area contributed by atoms with Crippen LogP contribution in [0.3, 0.4) is 0 Å². The molecule has 0 fully saturated rings. The zero-order valence-electron chi connectivity index (χ0n) is 24.2. The number of fused-ring (bicyclic) bond motifs is 9. The van der Waals surface area contributed by atoms with Crippen LogP contribution in [0.15, 0.2) is 48.8 Å². The van der Waals surface area contributed by atoms with Gasteiger partial charge in [0.05, 0.1) is 36.0 Å². The number of hydrogen-bond acceptors (Lipinski definition) is 8. The molecule has 0 saturated heterocycles. The van der Waals surface area contributed by atoms with Crippen LogP contribution in [-0.4, -0.2) is 60.5 Å². The number of alkyl halides is 2. The third kappa shape index (κ3) is 5.01. The fraction of sp³-hybridized carbons (Fsp3) is 0.355. The van der Waals surface area contributed by atoms with Crippen molar-refractivity contribution in [3.63, 3.8) is 0 Å². The Kier molecular flexibility index (Phi) is 7.26. The summed E-state index contributed by atoms with van der Waals surface area (Å²) < 4.78 is 39.2. The number of aliphatic carboxylic acids is 1. The molecule has 0 saturated carbocycles. The summed E-state index contributed by atoms with van der Waals surface area (Å²) in [6, 6.07) is 9.49. The van der Waals surface area contributed by atoms with Crippen LogP contribution in [0, 0.1) is 0 Å². The van der Waals surface area contributed by atoms with Crippen LogP contribution in [0.25, 0.3) is 22.2 Å². The average Bonchev–Trinajstić information content (AvgIpc) is 3.49. The molecule has 1 N–H and O–H groups in total. The number of amides is 1. The highest BCUT2D eigenvalue weighted by atomic mass is 19.3. The van der Waals surface area contributed by atoms with Crippen LogP contribution in [0.2, 0.25) is 0 Å². The predicted octanol–water partition coefficient (Wildman–Crippen LogP) is 5.25. The Labute approximate surface area is 250 Å². The molecule has 13 heteroatoms. The van der Waals surface area contributed by atoms with Crippen molar-refractivity contribution in [1.29, 1.82) is 0 Å². The molecule has 1 unspecified atom stereocenters. The van der Waals surface area contributed by atoms with Crippen molar-refractivity contribution < 1.29 is 37.7 Å². The number of carboxylic acids is 1. The molecule has 2 aromatic carbocycles. The highest BCUT2D eigenvalue weighted by molar-refractivity contribution is 5.98. The lowest BCUT2D eigenvalue weighted by Crippen LogP contribution is -2.34. The summed E-state index contributed by atoms with van der Waals surface area (Å²) in [5.74, 6) is -1.13. The van der Waals surface area contributed by atoms with Gasteiger partial charge in [0.15, 0.2) is 11.4 Å². The van der Waals surface area contributed by atoms with Gasteiger partial charge in [-0.1, -0.05) is 12.1 Å². The number of ether oxygens (including phenoxy) is 2. The Balaban J connectivity index is 1.38. The van der Waals surface area contributed by atoms with E-state index in [-0.39, 0.29) is 36.4 Å². The molecule has 2 atom stereocenters. The topological polar surface area (TPSA) is 137 Å². The second-order valence-electron chi connectivity index (χ2n) is 11.2. The predicted molar refractivity (Wildman–Crippen MR) is 152 cm³/mol. The molecule has 4 heterocycles. The Morgan fingerprint density at radius 1 is 1.09 bits per heavy atom. The Morgan fingerprint density at radius 3 is 2.52 bits per heavy atom. The van der Waals surface area contributed by atoms with Gasteiger partial charge in [-0.15, -0.1) is 0 Å². The van der Waals surface area contributed by atoms with Gasteiger partial charge < -0.3 is 24.0 Å². The molecule has 2 aliphatic heterocycles. The molecule has 0 spiro atoms. The third-order valence-corrected chi connectivity index (χ3v) is 8.03. The number of hydrogen-bond donors (Lipinski definition) is 1. The van der Waals surface area contributed by atoms with Crippen molar-refractivity contribution in [1.82, 2.24) is 24.4 Å². The van der Waals surface area contributed by atoms with E-state index in [1.165, 1.54) is 6.07 Å². The summed E-state index contributed by atoms with van der Waals surface area (Å²) in [5.41, 5.74) is 2.43. The van der Waals surface area contributed by atoms with Gasteiger partial charge in [0.2, 0.25) is 0 Å². The molecule has 0 aliphatic carbocycles. The molecule has 4 aromatic rings. The van der Waals surface area contributed by atoms with Crippen LogP contribution >= 0.6 is 0 Å². The van der Waals surface area contributed by atoms with E-state index in [1.807, 2.05) is 29.7 Å². The first-order chi connectivity index (χ1) is 21.0. The number of carbonyl (C=O) groups excluding carboxylic acids is 2. The minimum Gasteiger partial charge on any atom is -0.481 e. The average molecular weight is 606 g/mol. The molecular formula is C31H29F2N5O6. The normalized spacial score (nSPS) is 17.4. The quantitative estimate of drug-likeness (QED) is 0.254. The van der Waals surface area contributed by atoms with E-state index in [9.17, 15) is 23.2 Å². The maximum atomic E-state index is 13.6. The van der Waals surface area contributed by atoms with Crippen LogP contribution in [-0.2, 0) is 19.9 Å². The van der Waals surface area contributed by atoms with Crippen LogP contribution < -0.4 is 4.74 Å². The van der Waals surface area contributed by atoms with Crippen molar-refractivity contribution in [2.75, 3.05) is 6.54 Å². The van der Waals surface area contributed by atoms with Crippen LogP contribution in [0.5, 0.6) is 5.75 Å². The van der Waals surface area contributed by atoms with E-state index >= 15 is 0 Å². The standard InChI is InChI=1S/C31H29F2N5O6/c1-4-37-22-13-21(26-18(28(37)42)6-5-7-23(26)43-30(32)33)38-20-12-16(8-9-19(20)36-27(22)38)17-14-34-29(35-15-17)31(2,3)44-25(41)11-10-24(39)40/h5-9,12,14-15,21-22,30H,4,10-11,13H2,1-3H3,(H,39,40)/t21?,22-/m1/s1. The lowest BCUT2D eigenvalue weighted by atomic mass is 9.97. The van der Waals surface area contributed by atoms with Crippen molar-refractivity contribution >= 4 is 28.9 Å². The van der Waals surface area contributed by atoms with Crippen LogP contribution in [0.1, 0.15) is 79.7 Å². The number of carbonyl (C=O) groups is 3. The monoisotopic (exact) mass is 605 g/mol. The number of carboxylic acid groups (broad SMARTS) is 1. The molecule has 11 nitrogen and oxygen atoms in total. The fourth-order valence-electron chi connectivity index (χ4n) is 6.10. The molecule has 2 aliphatic rings. The second kappa shape index (κ2) is 11.0. The van der Waals surface area contributed by atoms with Crippen molar-refractivity contribution in [3.8, 4) is 16.9 Å². The molecule has 44 heavy (non-hydrogen) atoms. The van der Waals surface area contributed by atoms with Crippen molar-refractivity contribution in [2.45, 2.75) is 64.3 Å². The molecule has 6 rings (SSSR count). The van der Waals surface area contributed by atoms with Gasteiger partial charge in [0.1, 0.15) is 11.6 Å². The number of benzene rings is 2. The Morgan fingerprint density at radius 2 is 1.84 bits per heavy atom. The van der Waals surface area contributed by atoms with Gasteiger partial charge in [-0.25, -0.2) is 15.0 Å². The maximum absolute atomic E-state index is 13.6. The molecule has 2 aromatic heterocycles. The smallest absolute Gasteiger partial charge is 0.387 e. The van der Waals surface area contributed by atoms with Crippen LogP contribution in [0.4, 0.5) is 8.78 Å². The van der Waals surface area contributed by atoms with Crippen molar-refractivity contribution in [2.24, 2.45) is 0 Å². The van der Waals surface area contributed by atoms with E-state index in [1.54, 1.807) is 43.3 Å². The largest absolute Gasteiger partial charge is 0.481 e. The zero-order valence-corrected chi connectivity index (χ0v) is 24.2. The second-order valence-corrected chi connectivity index (χ2v) is 11.2. The number of rotatable bonds is 9. The number of nitrogens with zero attached hydrogens (tertiary/aromatic N) is 5. The summed E-state index contributed by atoms with van der Waals surface area (Å²) in [6.45, 7) is 2.49. The van der Waals surface area contributed by atoms with Gasteiger partial charge >= 0.3 is 18.6 Å². The highest BCUT2D eigenvalue weighted by Crippen LogP contribution is 2.50. The summed E-state index contributed by atoms with van der Waals surface area (Å²) >= 11 is 0. The first-order valence-corrected chi connectivity index (χ1v) is 14.2. The fourth-order valence-corrected chi connectivity index (χ4v) is 6.10. The molecular weight excluding hydrogens is 576 g/mol. The lowest BCUT2D eigenvalue weighted by Gasteiger charge is -2.27. The first kappa shape index (κ1) is 29.1. The van der Waals surface area contributed by atoms with Gasteiger partial charge in [-0.05, 0) is 50.6 Å². The van der Waals surface area contributed by atoms with E-state index in [2.05, 4.69) is 9.97 Å². The lowest BCUT2D eigenvalue weighted by molar-refractivity contribution is -0.160. The zero-order chi connectivity index (χ0) is 31.3. The number of imidazole rings is 1. The van der Waals surface area contributed by atoms with E-state index in [0.29, 0.717) is 41.0 Å². The molecule has 2 bridgehead atoms. The first-order valence-electron chi connectivity index (χ1n) is 14.2. The summed E-state index contributed by atoms with van der Waals surface area (Å²) in [6.07, 6.45) is 3.07. The highest BCUT2D eigenvalue weighted by Gasteiger charge is 2.45. The Bertz CT molecular complexity index is 1790. The number of aromatic nitrogens is 4. The summed E-state index contributed by atoms with van der Waals surface area (Å²) in [5, 5.41) is 8.81. The van der Waals surface area contributed by atoms with E-state index in [4.69, 9.17) is 19.6 Å². The number of esters is 1. The van der Waals surface area contributed by atoms with Gasteiger partial charge in [0.25, 0.3) is 5.91 Å². The van der Waals surface area contributed by atoms with E-state index in [0.717, 1.165) is 11.1 Å². The Hall–Kier alpha value is -4.94. The minimum atomic E-state index is -3.05. The summed E-state index contributed by atoms with van der Waals surface area (Å²) in [7, 11) is 0.